The van der Waals surface area contributed by atoms with E-state index in [4.69, 9.17) is 0 Å². The van der Waals surface area contributed by atoms with Crippen molar-refractivity contribution in [1.82, 2.24) is 14.8 Å². The Morgan fingerprint density at radius 2 is 1.87 bits per heavy atom. The third kappa shape index (κ3) is 3.14. The molecule has 0 radical (unpaired) electrons. The Labute approximate surface area is 134 Å². The fraction of sp³-hybridized carbons (Fsp3) is 0.158. The van der Waals surface area contributed by atoms with Gasteiger partial charge in [0.15, 0.2) is 0 Å². The van der Waals surface area contributed by atoms with Crippen LogP contribution in [0.2, 0.25) is 0 Å². The van der Waals surface area contributed by atoms with Crippen LogP contribution >= 0.6 is 0 Å². The number of benzene rings is 1. The van der Waals surface area contributed by atoms with Crippen LogP contribution in [0.15, 0.2) is 48.7 Å². The van der Waals surface area contributed by atoms with E-state index in [1.54, 1.807) is 18.3 Å². The Bertz CT molecular complexity index is 869. The summed E-state index contributed by atoms with van der Waals surface area (Å²) in [4.78, 5) is 4.21. The average Bonchev–Trinajstić information content (AvgIpc) is 2.90. The third-order valence-corrected chi connectivity index (χ3v) is 3.54. The molecule has 0 N–H and O–H groups in total. The lowest BCUT2D eigenvalue weighted by molar-refractivity contribution is 0.626. The molecule has 0 spiro atoms. The van der Waals surface area contributed by atoms with Gasteiger partial charge in [0, 0.05) is 6.20 Å². The van der Waals surface area contributed by atoms with E-state index >= 15 is 0 Å². The van der Waals surface area contributed by atoms with Gasteiger partial charge in [-0.15, -0.1) is 0 Å². The largest absolute Gasteiger partial charge is 0.248 e. The summed E-state index contributed by atoms with van der Waals surface area (Å²) in [6, 6.07) is 12.0. The van der Waals surface area contributed by atoms with Crippen LogP contribution in [0.5, 0.6) is 0 Å². The van der Waals surface area contributed by atoms with Crippen LogP contribution in [0, 0.1) is 24.6 Å². The van der Waals surface area contributed by atoms with Crippen LogP contribution in [0.1, 0.15) is 29.6 Å². The fourth-order valence-corrected chi connectivity index (χ4v) is 2.42. The standard InChI is InChI=1S/C19H16FN3/c1-3-19-18(12-9-16-6-4-5-13-21-16)14(2)22-23(19)17-10-7-15(20)8-11-17/h4-8,10-11,13H,3H2,1-2H3. The molecule has 2 aromatic heterocycles. The van der Waals surface area contributed by atoms with E-state index in [-0.39, 0.29) is 5.82 Å². The van der Waals surface area contributed by atoms with Crippen molar-refractivity contribution in [3.63, 3.8) is 0 Å². The smallest absolute Gasteiger partial charge is 0.123 e. The molecule has 3 nitrogen and oxygen atoms in total. The predicted molar refractivity (Wildman–Crippen MR) is 87.9 cm³/mol. The van der Waals surface area contributed by atoms with Crippen LogP contribution in [0.4, 0.5) is 4.39 Å². The van der Waals surface area contributed by atoms with Crippen molar-refractivity contribution in [3.8, 4) is 17.5 Å². The van der Waals surface area contributed by atoms with Crippen LogP contribution in [-0.4, -0.2) is 14.8 Å². The Balaban J connectivity index is 2.05. The number of aromatic nitrogens is 3. The van der Waals surface area contributed by atoms with Gasteiger partial charge in [-0.1, -0.05) is 18.9 Å². The minimum atomic E-state index is -0.258. The van der Waals surface area contributed by atoms with E-state index in [1.165, 1.54) is 12.1 Å². The molecule has 0 amide bonds. The van der Waals surface area contributed by atoms with Gasteiger partial charge >= 0.3 is 0 Å². The Morgan fingerprint density at radius 3 is 2.52 bits per heavy atom. The summed E-state index contributed by atoms with van der Waals surface area (Å²) in [5.74, 6) is 6.00. The van der Waals surface area contributed by atoms with Gasteiger partial charge in [0.25, 0.3) is 0 Å². The molecule has 0 bridgehead atoms. The summed E-state index contributed by atoms with van der Waals surface area (Å²) >= 11 is 0. The quantitative estimate of drug-likeness (QED) is 0.676. The van der Waals surface area contributed by atoms with Crippen LogP contribution in [-0.2, 0) is 6.42 Å². The minimum absolute atomic E-state index is 0.258. The summed E-state index contributed by atoms with van der Waals surface area (Å²) in [6.07, 6.45) is 2.50. The van der Waals surface area contributed by atoms with Gasteiger partial charge in [-0.25, -0.2) is 14.1 Å². The lowest BCUT2D eigenvalue weighted by Gasteiger charge is -2.05. The lowest BCUT2D eigenvalue weighted by Crippen LogP contribution is -2.02. The molecule has 0 aliphatic heterocycles. The molecule has 114 valence electrons. The van der Waals surface area contributed by atoms with E-state index in [0.717, 1.165) is 34.8 Å². The first kappa shape index (κ1) is 15.0. The molecule has 0 saturated carbocycles. The minimum Gasteiger partial charge on any atom is -0.248 e. The molecular formula is C19H16FN3. The average molecular weight is 305 g/mol. The zero-order valence-electron chi connectivity index (χ0n) is 13.0. The molecule has 0 aliphatic carbocycles. The first-order valence-electron chi connectivity index (χ1n) is 7.46. The Hall–Kier alpha value is -2.93. The maximum absolute atomic E-state index is 13.1. The Kier molecular flexibility index (Phi) is 4.20. The van der Waals surface area contributed by atoms with Gasteiger partial charge in [0.05, 0.1) is 22.6 Å². The first-order valence-corrected chi connectivity index (χ1v) is 7.46. The second kappa shape index (κ2) is 6.45. The van der Waals surface area contributed by atoms with E-state index in [0.29, 0.717) is 0 Å². The van der Waals surface area contributed by atoms with Gasteiger partial charge in [-0.05, 0) is 55.7 Å². The van der Waals surface area contributed by atoms with E-state index < -0.39 is 0 Å². The zero-order valence-corrected chi connectivity index (χ0v) is 13.0. The lowest BCUT2D eigenvalue weighted by atomic mass is 10.1. The highest BCUT2D eigenvalue weighted by molar-refractivity contribution is 5.48. The van der Waals surface area contributed by atoms with Crippen LogP contribution in [0.25, 0.3) is 5.69 Å². The van der Waals surface area contributed by atoms with E-state index in [2.05, 4.69) is 28.8 Å². The molecule has 0 atom stereocenters. The molecule has 0 unspecified atom stereocenters. The van der Waals surface area contributed by atoms with E-state index in [1.807, 2.05) is 29.8 Å². The molecule has 23 heavy (non-hydrogen) atoms. The van der Waals surface area contributed by atoms with Crippen LogP contribution < -0.4 is 0 Å². The number of pyridine rings is 1. The molecule has 0 aliphatic rings. The number of halogens is 1. The maximum atomic E-state index is 13.1. The van der Waals surface area contributed by atoms with Gasteiger partial charge in [0.1, 0.15) is 11.5 Å². The number of aryl methyl sites for hydroxylation is 1. The predicted octanol–water partition coefficient (Wildman–Crippen LogP) is 3.68. The van der Waals surface area contributed by atoms with Crippen molar-refractivity contribution in [2.75, 3.05) is 0 Å². The number of rotatable bonds is 2. The highest BCUT2D eigenvalue weighted by Crippen LogP contribution is 2.19. The second-order valence-corrected chi connectivity index (χ2v) is 5.11. The highest BCUT2D eigenvalue weighted by Gasteiger charge is 2.13. The van der Waals surface area contributed by atoms with Crippen molar-refractivity contribution in [2.24, 2.45) is 0 Å². The molecule has 3 aromatic rings. The molecule has 4 heteroatoms. The first-order chi connectivity index (χ1) is 11.2. The number of hydrogen-bond donors (Lipinski definition) is 0. The third-order valence-electron chi connectivity index (χ3n) is 3.54. The number of nitrogens with zero attached hydrogens (tertiary/aromatic N) is 3. The van der Waals surface area contributed by atoms with Crippen molar-refractivity contribution in [3.05, 3.63) is 77.1 Å². The van der Waals surface area contributed by atoms with Crippen molar-refractivity contribution < 1.29 is 4.39 Å². The topological polar surface area (TPSA) is 30.7 Å². The Morgan fingerprint density at radius 1 is 1.09 bits per heavy atom. The van der Waals surface area contributed by atoms with Crippen molar-refractivity contribution >= 4 is 0 Å². The number of hydrogen-bond acceptors (Lipinski definition) is 2. The molecule has 3 rings (SSSR count). The monoisotopic (exact) mass is 305 g/mol. The molecule has 0 saturated heterocycles. The maximum Gasteiger partial charge on any atom is 0.123 e. The summed E-state index contributed by atoms with van der Waals surface area (Å²) < 4.78 is 14.9. The van der Waals surface area contributed by atoms with Gasteiger partial charge in [0.2, 0.25) is 0 Å². The zero-order chi connectivity index (χ0) is 16.2. The SMILES string of the molecule is CCc1c(C#Cc2ccccn2)c(C)nn1-c1ccc(F)cc1. The van der Waals surface area contributed by atoms with Gasteiger partial charge < -0.3 is 0 Å². The van der Waals surface area contributed by atoms with Crippen molar-refractivity contribution in [2.45, 2.75) is 20.3 Å². The fourth-order valence-electron chi connectivity index (χ4n) is 2.42. The highest BCUT2D eigenvalue weighted by atomic mass is 19.1. The molecular weight excluding hydrogens is 289 g/mol. The summed E-state index contributed by atoms with van der Waals surface area (Å²) in [5, 5.41) is 4.56. The normalized spacial score (nSPS) is 10.2. The molecule has 0 fully saturated rings. The summed E-state index contributed by atoms with van der Waals surface area (Å²) in [5.41, 5.74) is 4.33. The molecule has 1 aromatic carbocycles. The summed E-state index contributed by atoms with van der Waals surface area (Å²) in [6.45, 7) is 3.99. The second-order valence-electron chi connectivity index (χ2n) is 5.11. The molecule has 2 heterocycles. The van der Waals surface area contributed by atoms with Crippen molar-refractivity contribution in [1.29, 1.82) is 0 Å². The summed E-state index contributed by atoms with van der Waals surface area (Å²) in [7, 11) is 0. The van der Waals surface area contributed by atoms with Gasteiger partial charge in [-0.2, -0.15) is 5.10 Å². The van der Waals surface area contributed by atoms with Gasteiger partial charge in [-0.3, -0.25) is 0 Å². The van der Waals surface area contributed by atoms with E-state index in [9.17, 15) is 4.39 Å². The van der Waals surface area contributed by atoms with Crippen LogP contribution in [0.3, 0.4) is 0 Å².